The Morgan fingerprint density at radius 3 is 1.68 bits per heavy atom. The van der Waals surface area contributed by atoms with E-state index in [4.69, 9.17) is 24.2 Å². The van der Waals surface area contributed by atoms with Gasteiger partial charge in [-0.3, -0.25) is 9.59 Å². The number of H-pyrrole nitrogens is 2. The molecule has 4 amide bonds. The van der Waals surface area contributed by atoms with E-state index in [9.17, 15) is 19.2 Å². The van der Waals surface area contributed by atoms with Crippen LogP contribution in [0.4, 0.5) is 9.59 Å². The molecule has 3 aliphatic heterocycles. The van der Waals surface area contributed by atoms with E-state index in [0.717, 1.165) is 70.6 Å². The number of imidazole rings is 2. The van der Waals surface area contributed by atoms with Crippen molar-refractivity contribution < 1.29 is 33.4 Å². The minimum atomic E-state index is -0.701. The maximum atomic E-state index is 13.6. The smallest absolute Gasteiger partial charge is 0.407 e. The molecule has 0 bridgehead atoms. The number of amides is 4. The van der Waals surface area contributed by atoms with Gasteiger partial charge in [-0.2, -0.15) is 0 Å². The van der Waals surface area contributed by atoms with Gasteiger partial charge in [0, 0.05) is 29.8 Å². The van der Waals surface area contributed by atoms with Gasteiger partial charge in [0.05, 0.1) is 50.1 Å². The molecule has 0 unspecified atom stereocenters. The van der Waals surface area contributed by atoms with Gasteiger partial charge in [-0.1, -0.05) is 64.1 Å². The van der Waals surface area contributed by atoms with Crippen molar-refractivity contribution in [3.05, 3.63) is 83.2 Å². The highest BCUT2D eigenvalue weighted by molar-refractivity contribution is 5.87. The first-order valence-corrected chi connectivity index (χ1v) is 20.7. The predicted octanol–water partition coefficient (Wildman–Crippen LogP) is 7.32. The summed E-state index contributed by atoms with van der Waals surface area (Å²) in [6.07, 6.45) is 7.62. The second-order valence-corrected chi connectivity index (χ2v) is 17.0. The van der Waals surface area contributed by atoms with Crippen molar-refractivity contribution in [3.63, 3.8) is 0 Å². The Balaban J connectivity index is 1.05. The van der Waals surface area contributed by atoms with Crippen LogP contribution < -0.4 is 10.6 Å². The van der Waals surface area contributed by atoms with E-state index in [1.54, 1.807) is 11.1 Å². The Bertz CT molecular complexity index is 2260. The summed E-state index contributed by atoms with van der Waals surface area (Å²) in [6.45, 7) is 12.9. The molecule has 2 aromatic carbocycles. The SMILES string of the molecule is COC(=O)N[C@H](C(=O)N1CCC[C@H]1c1ncc(-c2ccc(C3=Cc4ccc(-c5cnc([C@@H]6CCCN6C(=O)[C@@H](NC(=O)OC)C(C)C)[nH]5)cc4C(C)(C)O3)cc2)[nH]1)C(C)C. The number of hydrogen-bond donors (Lipinski definition) is 4. The minimum absolute atomic E-state index is 0.114. The molecule has 0 radical (unpaired) electrons. The number of aromatic nitrogens is 4. The third-order valence-corrected chi connectivity index (χ3v) is 11.8. The summed E-state index contributed by atoms with van der Waals surface area (Å²) < 4.78 is 16.2. The summed E-state index contributed by atoms with van der Waals surface area (Å²) in [5.74, 6) is 1.65. The molecule has 0 aliphatic carbocycles. The molecule has 318 valence electrons. The van der Waals surface area contributed by atoms with Crippen LogP contribution in [0.15, 0.2) is 54.9 Å². The van der Waals surface area contributed by atoms with Crippen LogP contribution in [-0.2, 0) is 29.4 Å². The lowest BCUT2D eigenvalue weighted by Gasteiger charge is -2.34. The summed E-state index contributed by atoms with van der Waals surface area (Å²) in [6, 6.07) is 12.6. The Labute approximate surface area is 350 Å². The molecular weight excluding hydrogens is 765 g/mol. The van der Waals surface area contributed by atoms with Gasteiger partial charge in [-0.05, 0) is 74.6 Å². The summed E-state index contributed by atoms with van der Waals surface area (Å²) in [4.78, 5) is 71.2. The zero-order valence-electron chi connectivity index (χ0n) is 35.6. The number of carbonyl (C=O) groups is 4. The Morgan fingerprint density at radius 1 is 0.733 bits per heavy atom. The molecule has 60 heavy (non-hydrogen) atoms. The second-order valence-electron chi connectivity index (χ2n) is 17.0. The fourth-order valence-corrected chi connectivity index (χ4v) is 8.52. The van der Waals surface area contributed by atoms with Crippen LogP contribution in [0.25, 0.3) is 34.3 Å². The van der Waals surface area contributed by atoms with Crippen LogP contribution in [-0.4, -0.2) is 93.1 Å². The first-order valence-electron chi connectivity index (χ1n) is 20.7. The van der Waals surface area contributed by atoms with Gasteiger partial charge in [0.2, 0.25) is 11.8 Å². The molecule has 2 fully saturated rings. The molecule has 4 N–H and O–H groups in total. The molecule has 0 spiro atoms. The van der Waals surface area contributed by atoms with Crippen molar-refractivity contribution in [1.29, 1.82) is 0 Å². The maximum Gasteiger partial charge on any atom is 0.407 e. The van der Waals surface area contributed by atoms with Crippen LogP contribution in [0.2, 0.25) is 0 Å². The largest absolute Gasteiger partial charge is 0.482 e. The first kappa shape index (κ1) is 42.0. The molecule has 4 atom stereocenters. The first-order chi connectivity index (χ1) is 28.7. The quantitative estimate of drug-likeness (QED) is 0.120. The zero-order chi connectivity index (χ0) is 42.9. The second kappa shape index (κ2) is 17.2. The molecule has 15 heteroatoms. The number of benzene rings is 2. The van der Waals surface area contributed by atoms with E-state index in [1.807, 2.05) is 63.1 Å². The van der Waals surface area contributed by atoms with E-state index >= 15 is 0 Å². The molecule has 2 saturated heterocycles. The van der Waals surface area contributed by atoms with Crippen molar-refractivity contribution >= 4 is 35.8 Å². The normalized spacial score (nSPS) is 19.3. The number of nitrogens with zero attached hydrogens (tertiary/aromatic N) is 4. The lowest BCUT2D eigenvalue weighted by atomic mass is 9.87. The van der Waals surface area contributed by atoms with E-state index in [1.165, 1.54) is 14.2 Å². The topological polar surface area (TPSA) is 184 Å². The third-order valence-electron chi connectivity index (χ3n) is 11.8. The van der Waals surface area contributed by atoms with Crippen LogP contribution in [0.1, 0.15) is 108 Å². The summed E-state index contributed by atoms with van der Waals surface area (Å²) in [5.41, 5.74) is 5.95. The van der Waals surface area contributed by atoms with Crippen molar-refractivity contribution in [1.82, 2.24) is 40.4 Å². The highest BCUT2D eigenvalue weighted by Crippen LogP contribution is 2.42. The van der Waals surface area contributed by atoms with Crippen LogP contribution >= 0.6 is 0 Å². The number of alkyl carbamates (subject to hydrolysis) is 2. The van der Waals surface area contributed by atoms with E-state index in [0.29, 0.717) is 24.7 Å². The monoisotopic (exact) mass is 820 g/mol. The van der Waals surface area contributed by atoms with E-state index in [2.05, 4.69) is 58.7 Å². The number of carbonyl (C=O) groups excluding carboxylic acids is 4. The number of rotatable bonds is 11. The Morgan fingerprint density at radius 2 is 1.20 bits per heavy atom. The van der Waals surface area contributed by atoms with Gasteiger partial charge >= 0.3 is 12.2 Å². The highest BCUT2D eigenvalue weighted by Gasteiger charge is 2.39. The molecule has 4 aromatic rings. The van der Waals surface area contributed by atoms with Crippen LogP contribution in [0.5, 0.6) is 0 Å². The lowest BCUT2D eigenvalue weighted by Crippen LogP contribution is -2.51. The van der Waals surface area contributed by atoms with E-state index < -0.39 is 29.9 Å². The molecule has 5 heterocycles. The Hall–Kier alpha value is -6.12. The summed E-state index contributed by atoms with van der Waals surface area (Å²) in [7, 11) is 2.58. The lowest BCUT2D eigenvalue weighted by molar-refractivity contribution is -0.136. The Kier molecular flexibility index (Phi) is 12.1. The van der Waals surface area contributed by atoms with Crippen molar-refractivity contribution in [2.75, 3.05) is 27.3 Å². The van der Waals surface area contributed by atoms with E-state index in [-0.39, 0.29) is 35.7 Å². The molecule has 3 aliphatic rings. The van der Waals surface area contributed by atoms with Crippen LogP contribution in [0, 0.1) is 11.8 Å². The molecule has 15 nitrogen and oxygen atoms in total. The standard InChI is InChI=1S/C45H56N8O7/c1-25(2)37(50-43(56)58-7)41(54)52-19-9-11-34(52)39-46-23-32(48-39)27-13-15-28(16-14-27)36-22-29-17-18-30(21-31(29)45(5,6)60-36)33-24-47-40(49-33)35-12-10-20-53(35)42(55)38(26(3)4)51-44(57)59-8/h13-18,21-26,34-35,37-38H,9-12,19-20H2,1-8H3,(H,46,48)(H,47,49)(H,50,56)(H,51,57)/t34-,35-,37-,38-/m0/s1. The number of nitrogens with one attached hydrogen (secondary N) is 4. The van der Waals surface area contributed by atoms with Gasteiger partial charge in [-0.25, -0.2) is 19.6 Å². The van der Waals surface area contributed by atoms with Gasteiger partial charge in [0.1, 0.15) is 35.1 Å². The molecular formula is C45H56N8O7. The van der Waals surface area contributed by atoms with Gasteiger partial charge in [0.25, 0.3) is 0 Å². The number of methoxy groups -OCH3 is 2. The van der Waals surface area contributed by atoms with Crippen molar-refractivity contribution in [3.8, 4) is 22.5 Å². The van der Waals surface area contributed by atoms with Gasteiger partial charge in [0.15, 0.2) is 0 Å². The maximum absolute atomic E-state index is 13.6. The number of fused-ring (bicyclic) bond motifs is 1. The highest BCUT2D eigenvalue weighted by atomic mass is 16.5. The molecule has 7 rings (SSSR count). The van der Waals surface area contributed by atoms with Gasteiger partial charge in [-0.15, -0.1) is 0 Å². The number of hydrogen-bond acceptors (Lipinski definition) is 9. The third kappa shape index (κ3) is 8.48. The van der Waals surface area contributed by atoms with Crippen molar-refractivity contribution in [2.45, 2.75) is 97.0 Å². The minimum Gasteiger partial charge on any atom is -0.482 e. The summed E-state index contributed by atoms with van der Waals surface area (Å²) in [5, 5.41) is 5.40. The molecule has 0 saturated carbocycles. The fraction of sp³-hybridized carbons (Fsp3) is 0.467. The molecule has 2 aromatic heterocycles. The summed E-state index contributed by atoms with van der Waals surface area (Å²) >= 11 is 0. The van der Waals surface area contributed by atoms with Crippen LogP contribution in [0.3, 0.4) is 0 Å². The van der Waals surface area contributed by atoms with Gasteiger partial charge < -0.3 is 44.6 Å². The number of likely N-dealkylation sites (tertiary alicyclic amines) is 2. The van der Waals surface area contributed by atoms with Crippen molar-refractivity contribution in [2.24, 2.45) is 11.8 Å². The fourth-order valence-electron chi connectivity index (χ4n) is 8.52. The average molecular weight is 821 g/mol. The number of ether oxygens (including phenoxy) is 3. The predicted molar refractivity (Wildman–Crippen MR) is 226 cm³/mol. The zero-order valence-corrected chi connectivity index (χ0v) is 35.6. The average Bonchev–Trinajstić information content (AvgIpc) is 4.08. The number of aromatic amines is 2.